The number of halogens is 1. The number of nitrogens with zero attached hydrogens (tertiary/aromatic N) is 3. The highest BCUT2D eigenvalue weighted by Crippen LogP contribution is 2.30. The standard InChI is InChI=1S/C13H12ClN3O3S/c14-11-7-10(8-15)4-5-12(11)21(19,20)17-6-2-1-3-13(17)16-9-18/h4-5,7,13H,1-3,6H2. The van der Waals surface area contributed by atoms with Gasteiger partial charge < -0.3 is 0 Å². The van der Waals surface area contributed by atoms with Gasteiger partial charge in [0.05, 0.1) is 16.7 Å². The second kappa shape index (κ2) is 6.37. The topological polar surface area (TPSA) is 90.6 Å². The van der Waals surface area contributed by atoms with Gasteiger partial charge in [0.25, 0.3) is 0 Å². The predicted molar refractivity (Wildman–Crippen MR) is 75.8 cm³/mol. The third kappa shape index (κ3) is 3.14. The number of piperidine rings is 1. The van der Waals surface area contributed by atoms with Crippen LogP contribution in [0.4, 0.5) is 0 Å². The first-order chi connectivity index (χ1) is 10.0. The van der Waals surface area contributed by atoms with Crippen LogP contribution in [0.25, 0.3) is 0 Å². The maximum absolute atomic E-state index is 12.7. The van der Waals surface area contributed by atoms with Gasteiger partial charge in [-0.3, -0.25) is 0 Å². The summed E-state index contributed by atoms with van der Waals surface area (Å²) in [5, 5.41) is 8.77. The number of nitriles is 1. The summed E-state index contributed by atoms with van der Waals surface area (Å²) in [6, 6.07) is 5.88. The van der Waals surface area contributed by atoms with Crippen LogP contribution < -0.4 is 0 Å². The van der Waals surface area contributed by atoms with E-state index in [9.17, 15) is 13.2 Å². The fourth-order valence-corrected chi connectivity index (χ4v) is 4.38. The molecule has 0 aliphatic carbocycles. The average molecular weight is 326 g/mol. The first-order valence-electron chi connectivity index (χ1n) is 6.29. The smallest absolute Gasteiger partial charge is 0.211 e. The zero-order chi connectivity index (χ0) is 15.5. The highest BCUT2D eigenvalue weighted by atomic mass is 35.5. The van der Waals surface area contributed by atoms with Crippen molar-refractivity contribution >= 4 is 27.7 Å². The normalized spacial score (nSPS) is 19.5. The molecule has 0 saturated carbocycles. The van der Waals surface area contributed by atoms with Crippen molar-refractivity contribution in [2.45, 2.75) is 30.3 Å². The van der Waals surface area contributed by atoms with Crippen LogP contribution in [0.3, 0.4) is 0 Å². The second-order valence-corrected chi connectivity index (χ2v) is 6.84. The number of sulfonamides is 1. The molecule has 1 heterocycles. The predicted octanol–water partition coefficient (Wildman–Crippen LogP) is 2.05. The summed E-state index contributed by atoms with van der Waals surface area (Å²) in [6.45, 7) is 0.272. The molecule has 1 atom stereocenters. The lowest BCUT2D eigenvalue weighted by atomic mass is 10.1. The van der Waals surface area contributed by atoms with Crippen LogP contribution in [0.2, 0.25) is 5.02 Å². The van der Waals surface area contributed by atoms with Crippen molar-refractivity contribution in [3.8, 4) is 6.07 Å². The molecule has 1 aromatic rings. The quantitative estimate of drug-likeness (QED) is 0.628. The molecule has 0 N–H and O–H groups in total. The largest absolute Gasteiger partial charge is 0.246 e. The first kappa shape index (κ1) is 15.7. The molecule has 1 saturated heterocycles. The van der Waals surface area contributed by atoms with E-state index in [0.29, 0.717) is 12.8 Å². The molecule has 1 unspecified atom stereocenters. The highest BCUT2D eigenvalue weighted by Gasteiger charge is 2.34. The Morgan fingerprint density at radius 3 is 2.76 bits per heavy atom. The van der Waals surface area contributed by atoms with E-state index >= 15 is 0 Å². The maximum Gasteiger partial charge on any atom is 0.246 e. The van der Waals surface area contributed by atoms with E-state index in [1.807, 2.05) is 6.07 Å². The number of rotatable bonds is 3. The molecule has 0 aromatic heterocycles. The van der Waals surface area contributed by atoms with E-state index in [2.05, 4.69) is 4.99 Å². The van der Waals surface area contributed by atoms with E-state index in [4.69, 9.17) is 16.9 Å². The molecule has 0 spiro atoms. The molecule has 8 heteroatoms. The van der Waals surface area contributed by atoms with Gasteiger partial charge in [0.15, 0.2) is 0 Å². The third-order valence-corrected chi connectivity index (χ3v) is 5.65. The monoisotopic (exact) mass is 325 g/mol. The van der Waals surface area contributed by atoms with E-state index in [0.717, 1.165) is 10.7 Å². The van der Waals surface area contributed by atoms with Crippen LogP contribution in [0, 0.1) is 11.3 Å². The van der Waals surface area contributed by atoms with E-state index in [1.54, 1.807) is 0 Å². The summed E-state index contributed by atoms with van der Waals surface area (Å²) in [4.78, 5) is 13.9. The fourth-order valence-electron chi connectivity index (χ4n) is 2.26. The summed E-state index contributed by atoms with van der Waals surface area (Å²) < 4.78 is 26.5. The molecule has 6 nitrogen and oxygen atoms in total. The highest BCUT2D eigenvalue weighted by molar-refractivity contribution is 7.89. The third-order valence-electron chi connectivity index (χ3n) is 3.27. The van der Waals surface area contributed by atoms with Gasteiger partial charge in [-0.1, -0.05) is 11.6 Å². The second-order valence-electron chi connectivity index (χ2n) is 4.57. The number of carbonyl (C=O) groups excluding carboxylic acids is 1. The molecule has 1 aliphatic heterocycles. The van der Waals surface area contributed by atoms with Gasteiger partial charge in [-0.15, -0.1) is 0 Å². The van der Waals surface area contributed by atoms with Gasteiger partial charge in [0.2, 0.25) is 16.1 Å². The van der Waals surface area contributed by atoms with Crippen molar-refractivity contribution in [3.63, 3.8) is 0 Å². The van der Waals surface area contributed by atoms with Gasteiger partial charge in [0, 0.05) is 6.54 Å². The van der Waals surface area contributed by atoms with Crippen LogP contribution in [-0.4, -0.2) is 31.5 Å². The first-order valence-corrected chi connectivity index (χ1v) is 8.11. The Morgan fingerprint density at radius 1 is 1.38 bits per heavy atom. The lowest BCUT2D eigenvalue weighted by Crippen LogP contribution is -2.42. The molecule has 1 aliphatic rings. The average Bonchev–Trinajstić information content (AvgIpc) is 2.47. The molecule has 2 rings (SSSR count). The Bertz CT molecular complexity index is 736. The van der Waals surface area contributed by atoms with Crippen LogP contribution >= 0.6 is 11.6 Å². The van der Waals surface area contributed by atoms with Crippen molar-refractivity contribution in [1.82, 2.24) is 4.31 Å². The zero-order valence-electron chi connectivity index (χ0n) is 11.0. The van der Waals surface area contributed by atoms with Crippen LogP contribution in [0.15, 0.2) is 28.1 Å². The van der Waals surface area contributed by atoms with Crippen molar-refractivity contribution in [1.29, 1.82) is 5.26 Å². The van der Waals surface area contributed by atoms with Crippen molar-refractivity contribution < 1.29 is 13.2 Å². The van der Waals surface area contributed by atoms with Crippen molar-refractivity contribution in [2.24, 2.45) is 4.99 Å². The summed E-state index contributed by atoms with van der Waals surface area (Å²) in [6.07, 6.45) is 2.64. The molecule has 1 aromatic carbocycles. The van der Waals surface area contributed by atoms with Crippen LogP contribution in [0.1, 0.15) is 24.8 Å². The molecule has 110 valence electrons. The van der Waals surface area contributed by atoms with Gasteiger partial charge in [0.1, 0.15) is 11.1 Å². The molecule has 1 fully saturated rings. The number of isocyanates is 1. The Morgan fingerprint density at radius 2 is 2.14 bits per heavy atom. The lowest BCUT2D eigenvalue weighted by molar-refractivity contribution is 0.259. The minimum absolute atomic E-state index is 0.0199. The van der Waals surface area contributed by atoms with E-state index < -0.39 is 16.2 Å². The minimum Gasteiger partial charge on any atom is -0.211 e. The Kier molecular flexibility index (Phi) is 4.76. The van der Waals surface area contributed by atoms with Gasteiger partial charge in [-0.25, -0.2) is 13.2 Å². The Balaban J connectivity index is 2.45. The number of hydrogen-bond donors (Lipinski definition) is 0. The Labute approximate surface area is 127 Å². The number of aliphatic imine (C=N–C) groups is 1. The summed E-state index contributed by atoms with van der Waals surface area (Å²) >= 11 is 5.97. The van der Waals surface area contributed by atoms with Crippen LogP contribution in [-0.2, 0) is 14.8 Å². The molecule has 21 heavy (non-hydrogen) atoms. The molecular weight excluding hydrogens is 314 g/mol. The van der Waals surface area contributed by atoms with Gasteiger partial charge in [-0.05, 0) is 37.5 Å². The van der Waals surface area contributed by atoms with Gasteiger partial charge >= 0.3 is 0 Å². The fraction of sp³-hybridized carbons (Fsp3) is 0.385. The van der Waals surface area contributed by atoms with E-state index in [1.165, 1.54) is 24.3 Å². The molecule has 0 amide bonds. The van der Waals surface area contributed by atoms with E-state index in [-0.39, 0.29) is 22.0 Å². The summed E-state index contributed by atoms with van der Waals surface area (Å²) in [5.41, 5.74) is 0.278. The summed E-state index contributed by atoms with van der Waals surface area (Å²) in [5.74, 6) is 0. The maximum atomic E-state index is 12.7. The number of benzene rings is 1. The molecule has 0 radical (unpaired) electrons. The SMILES string of the molecule is N#Cc1ccc(S(=O)(=O)N2CCCCC2N=C=O)c(Cl)c1. The minimum atomic E-state index is -3.87. The number of hydrogen-bond acceptors (Lipinski definition) is 5. The zero-order valence-corrected chi connectivity index (χ0v) is 12.6. The summed E-state index contributed by atoms with van der Waals surface area (Å²) in [7, 11) is -3.87. The van der Waals surface area contributed by atoms with Gasteiger partial charge in [-0.2, -0.15) is 14.6 Å². The molecule has 0 bridgehead atoms. The van der Waals surface area contributed by atoms with Crippen LogP contribution in [0.5, 0.6) is 0 Å². The lowest BCUT2D eigenvalue weighted by Gasteiger charge is -2.31. The Hall–Kier alpha value is -1.71. The van der Waals surface area contributed by atoms with Crippen molar-refractivity contribution in [3.05, 3.63) is 28.8 Å². The van der Waals surface area contributed by atoms with Crippen molar-refractivity contribution in [2.75, 3.05) is 6.54 Å². The molecular formula is C13H12ClN3O3S.